The zero-order valence-corrected chi connectivity index (χ0v) is 9.58. The molecule has 2 heteroatoms. The van der Waals surface area contributed by atoms with Crippen molar-refractivity contribution in [1.82, 2.24) is 0 Å². The summed E-state index contributed by atoms with van der Waals surface area (Å²) in [7, 11) is 0. The molecule has 82 valence electrons. The van der Waals surface area contributed by atoms with E-state index in [0.29, 0.717) is 5.92 Å². The first-order valence-corrected chi connectivity index (χ1v) is 5.29. The predicted octanol–water partition coefficient (Wildman–Crippen LogP) is 2.82. The average Bonchev–Trinajstić information content (AvgIpc) is 2.09. The van der Waals surface area contributed by atoms with Gasteiger partial charge in [-0.2, -0.15) is 0 Å². The van der Waals surface area contributed by atoms with Crippen molar-refractivity contribution in [2.75, 3.05) is 0 Å². The summed E-state index contributed by atoms with van der Waals surface area (Å²) in [5, 5.41) is 8.76. The van der Waals surface area contributed by atoms with E-state index >= 15 is 0 Å². The Labute approximate surface area is 90.9 Å². The van der Waals surface area contributed by atoms with Crippen molar-refractivity contribution < 1.29 is 9.90 Å². The van der Waals surface area contributed by atoms with Gasteiger partial charge in [-0.1, -0.05) is 32.0 Å². The molecule has 0 heterocycles. The number of hydrogen-bond donors (Lipinski definition) is 1. The van der Waals surface area contributed by atoms with E-state index in [1.54, 1.807) is 0 Å². The van der Waals surface area contributed by atoms with Gasteiger partial charge in [0.25, 0.3) is 0 Å². The summed E-state index contributed by atoms with van der Waals surface area (Å²) >= 11 is 0. The van der Waals surface area contributed by atoms with Gasteiger partial charge in [-0.25, -0.2) is 0 Å². The minimum absolute atomic E-state index is 0.123. The number of rotatable bonds is 4. The minimum Gasteiger partial charge on any atom is -0.481 e. The van der Waals surface area contributed by atoms with Crippen molar-refractivity contribution in [3.8, 4) is 0 Å². The number of carbonyl (C=O) groups is 1. The summed E-state index contributed by atoms with van der Waals surface area (Å²) in [4.78, 5) is 10.7. The third-order valence-corrected chi connectivity index (χ3v) is 2.40. The molecule has 1 aromatic carbocycles. The molecule has 0 aliphatic heterocycles. The maximum Gasteiger partial charge on any atom is 0.307 e. The van der Waals surface area contributed by atoms with Crippen molar-refractivity contribution in [1.29, 1.82) is 0 Å². The Hall–Kier alpha value is -1.31. The van der Waals surface area contributed by atoms with Gasteiger partial charge in [-0.05, 0) is 36.0 Å². The van der Waals surface area contributed by atoms with Gasteiger partial charge < -0.3 is 5.11 Å². The van der Waals surface area contributed by atoms with Crippen molar-refractivity contribution in [2.24, 2.45) is 5.92 Å². The van der Waals surface area contributed by atoms with Crippen LogP contribution in [0, 0.1) is 12.8 Å². The Morgan fingerprint density at radius 2 is 2.07 bits per heavy atom. The second-order valence-electron chi connectivity index (χ2n) is 4.43. The van der Waals surface area contributed by atoms with Crippen LogP contribution in [0.2, 0.25) is 0 Å². The van der Waals surface area contributed by atoms with Crippen LogP contribution in [-0.2, 0) is 17.6 Å². The van der Waals surface area contributed by atoms with Crippen LogP contribution in [0.4, 0.5) is 0 Å². The lowest BCUT2D eigenvalue weighted by molar-refractivity contribution is -0.136. The quantitative estimate of drug-likeness (QED) is 0.822. The van der Waals surface area contributed by atoms with E-state index < -0.39 is 5.97 Å². The van der Waals surface area contributed by atoms with Crippen molar-refractivity contribution >= 4 is 5.97 Å². The first-order valence-electron chi connectivity index (χ1n) is 5.29. The summed E-state index contributed by atoms with van der Waals surface area (Å²) in [5.74, 6) is -0.162. The van der Waals surface area contributed by atoms with Crippen LogP contribution in [0.25, 0.3) is 0 Å². The highest BCUT2D eigenvalue weighted by molar-refractivity contribution is 5.70. The monoisotopic (exact) mass is 206 g/mol. The zero-order chi connectivity index (χ0) is 11.4. The maximum atomic E-state index is 10.7. The summed E-state index contributed by atoms with van der Waals surface area (Å²) in [6, 6.07) is 6.11. The molecule has 0 saturated heterocycles. The van der Waals surface area contributed by atoms with E-state index in [1.807, 2.05) is 19.1 Å². The number of aryl methyl sites for hydroxylation is 1. The number of benzene rings is 1. The highest BCUT2D eigenvalue weighted by atomic mass is 16.4. The first-order chi connectivity index (χ1) is 6.99. The van der Waals surface area contributed by atoms with Gasteiger partial charge in [-0.3, -0.25) is 4.79 Å². The van der Waals surface area contributed by atoms with E-state index in [0.717, 1.165) is 17.5 Å². The average molecular weight is 206 g/mol. The largest absolute Gasteiger partial charge is 0.481 e. The molecule has 2 nitrogen and oxygen atoms in total. The molecular formula is C13H18O2. The van der Waals surface area contributed by atoms with Crippen molar-refractivity contribution in [3.05, 3.63) is 34.9 Å². The molecule has 0 saturated carbocycles. The molecule has 0 spiro atoms. The molecule has 0 aromatic heterocycles. The Bertz CT molecular complexity index is 354. The number of hydrogen-bond acceptors (Lipinski definition) is 1. The van der Waals surface area contributed by atoms with E-state index in [2.05, 4.69) is 19.9 Å². The van der Waals surface area contributed by atoms with Gasteiger partial charge in [-0.15, -0.1) is 0 Å². The van der Waals surface area contributed by atoms with E-state index in [1.165, 1.54) is 5.56 Å². The van der Waals surface area contributed by atoms with Crippen LogP contribution in [0.3, 0.4) is 0 Å². The van der Waals surface area contributed by atoms with Gasteiger partial charge in [0.1, 0.15) is 0 Å². The molecule has 1 aromatic rings. The highest BCUT2D eigenvalue weighted by Crippen LogP contribution is 2.15. The summed E-state index contributed by atoms with van der Waals surface area (Å²) < 4.78 is 0. The number of carboxylic acid groups (broad SMARTS) is 1. The van der Waals surface area contributed by atoms with Gasteiger partial charge in [0.2, 0.25) is 0 Å². The molecular weight excluding hydrogens is 188 g/mol. The second-order valence-corrected chi connectivity index (χ2v) is 4.43. The molecule has 0 aliphatic carbocycles. The third-order valence-electron chi connectivity index (χ3n) is 2.40. The Balaban J connectivity index is 2.89. The number of aliphatic carboxylic acids is 1. The van der Waals surface area contributed by atoms with Crippen LogP contribution in [0.5, 0.6) is 0 Å². The molecule has 0 amide bonds. The lowest BCUT2D eigenvalue weighted by Gasteiger charge is -2.09. The first kappa shape index (κ1) is 11.8. The standard InChI is InChI=1S/C13H18O2/c1-9(2)6-11-5-4-10(3)12(7-11)8-13(14)15/h4-5,7,9H,6,8H2,1-3H3,(H,14,15). The fraction of sp³-hybridized carbons (Fsp3) is 0.462. The molecule has 0 radical (unpaired) electrons. The smallest absolute Gasteiger partial charge is 0.307 e. The molecule has 0 fully saturated rings. The predicted molar refractivity (Wildman–Crippen MR) is 61.1 cm³/mol. The molecule has 0 unspecified atom stereocenters. The summed E-state index contributed by atoms with van der Waals surface area (Å²) in [6.07, 6.45) is 1.13. The molecule has 1 rings (SSSR count). The van der Waals surface area contributed by atoms with E-state index in [-0.39, 0.29) is 6.42 Å². The minimum atomic E-state index is -0.764. The normalized spacial score (nSPS) is 10.7. The Morgan fingerprint density at radius 3 is 2.60 bits per heavy atom. The lowest BCUT2D eigenvalue weighted by atomic mass is 9.97. The Kier molecular flexibility index (Phi) is 3.89. The topological polar surface area (TPSA) is 37.3 Å². The van der Waals surface area contributed by atoms with Crippen LogP contribution in [-0.4, -0.2) is 11.1 Å². The van der Waals surface area contributed by atoms with Crippen LogP contribution < -0.4 is 0 Å². The van der Waals surface area contributed by atoms with Gasteiger partial charge >= 0.3 is 5.97 Å². The van der Waals surface area contributed by atoms with Crippen LogP contribution in [0.15, 0.2) is 18.2 Å². The third kappa shape index (κ3) is 3.74. The fourth-order valence-corrected chi connectivity index (χ4v) is 1.68. The van der Waals surface area contributed by atoms with Gasteiger partial charge in [0, 0.05) is 0 Å². The van der Waals surface area contributed by atoms with Gasteiger partial charge in [0.15, 0.2) is 0 Å². The molecule has 0 atom stereocenters. The fourth-order valence-electron chi connectivity index (χ4n) is 1.68. The molecule has 15 heavy (non-hydrogen) atoms. The van der Waals surface area contributed by atoms with Crippen molar-refractivity contribution in [2.45, 2.75) is 33.6 Å². The van der Waals surface area contributed by atoms with Crippen LogP contribution >= 0.6 is 0 Å². The van der Waals surface area contributed by atoms with Crippen molar-refractivity contribution in [3.63, 3.8) is 0 Å². The highest BCUT2D eigenvalue weighted by Gasteiger charge is 2.06. The SMILES string of the molecule is Cc1ccc(CC(C)C)cc1CC(=O)O. The maximum absolute atomic E-state index is 10.7. The Morgan fingerprint density at radius 1 is 1.40 bits per heavy atom. The second kappa shape index (κ2) is 4.96. The summed E-state index contributed by atoms with van der Waals surface area (Å²) in [5.41, 5.74) is 3.22. The van der Waals surface area contributed by atoms with E-state index in [4.69, 9.17) is 5.11 Å². The lowest BCUT2D eigenvalue weighted by Crippen LogP contribution is -2.03. The van der Waals surface area contributed by atoms with Gasteiger partial charge in [0.05, 0.1) is 6.42 Å². The van der Waals surface area contributed by atoms with E-state index in [9.17, 15) is 4.79 Å². The number of carboxylic acids is 1. The zero-order valence-electron chi connectivity index (χ0n) is 9.58. The summed E-state index contributed by atoms with van der Waals surface area (Å²) in [6.45, 7) is 6.28. The molecule has 1 N–H and O–H groups in total. The van der Waals surface area contributed by atoms with Crippen LogP contribution in [0.1, 0.15) is 30.5 Å². The molecule has 0 bridgehead atoms. The molecule has 0 aliphatic rings.